The largest absolute Gasteiger partial charge is 0.374 e. The van der Waals surface area contributed by atoms with Crippen molar-refractivity contribution in [2.75, 3.05) is 32.8 Å². The predicted octanol–water partition coefficient (Wildman–Crippen LogP) is 0.692. The number of nitrogens with zero attached hydrogens (tertiary/aromatic N) is 1. The third-order valence-corrected chi connectivity index (χ3v) is 2.51. The molecular formula is C10H22N2O. The number of morpholine rings is 1. The van der Waals surface area contributed by atoms with Gasteiger partial charge in [0, 0.05) is 19.6 Å². The quantitative estimate of drug-likeness (QED) is 0.702. The summed E-state index contributed by atoms with van der Waals surface area (Å²) in [5.74, 6) is 0.791. The Morgan fingerprint density at radius 2 is 2.31 bits per heavy atom. The number of rotatable bonds is 4. The lowest BCUT2D eigenvalue weighted by Gasteiger charge is -2.32. The molecule has 0 spiro atoms. The summed E-state index contributed by atoms with van der Waals surface area (Å²) in [5.41, 5.74) is 5.57. The maximum atomic E-state index is 5.57. The zero-order chi connectivity index (χ0) is 9.68. The van der Waals surface area contributed by atoms with Crippen molar-refractivity contribution >= 4 is 0 Å². The van der Waals surface area contributed by atoms with Gasteiger partial charge in [-0.2, -0.15) is 0 Å². The molecule has 1 aliphatic rings. The molecule has 1 saturated heterocycles. The van der Waals surface area contributed by atoms with E-state index in [0.717, 1.165) is 25.6 Å². The number of ether oxygens (including phenoxy) is 1. The third kappa shape index (κ3) is 4.07. The van der Waals surface area contributed by atoms with Crippen molar-refractivity contribution in [1.29, 1.82) is 0 Å². The van der Waals surface area contributed by atoms with Crippen LogP contribution < -0.4 is 5.73 Å². The van der Waals surface area contributed by atoms with Gasteiger partial charge in [-0.05, 0) is 18.9 Å². The average Bonchev–Trinajstić information content (AvgIpc) is 2.15. The highest BCUT2D eigenvalue weighted by Crippen LogP contribution is 2.07. The SMILES string of the molecule is CC(C)CCN1CCOC(CN)C1. The van der Waals surface area contributed by atoms with Gasteiger partial charge in [-0.25, -0.2) is 0 Å². The highest BCUT2D eigenvalue weighted by atomic mass is 16.5. The predicted molar refractivity (Wildman–Crippen MR) is 54.7 cm³/mol. The smallest absolute Gasteiger partial charge is 0.0824 e. The van der Waals surface area contributed by atoms with Crippen molar-refractivity contribution in [1.82, 2.24) is 4.90 Å². The first-order chi connectivity index (χ1) is 6.22. The van der Waals surface area contributed by atoms with Crippen LogP contribution in [0.3, 0.4) is 0 Å². The Bertz CT molecular complexity index is 139. The zero-order valence-electron chi connectivity index (χ0n) is 8.83. The van der Waals surface area contributed by atoms with E-state index in [4.69, 9.17) is 10.5 Å². The molecular weight excluding hydrogens is 164 g/mol. The lowest BCUT2D eigenvalue weighted by Crippen LogP contribution is -2.46. The van der Waals surface area contributed by atoms with Crippen molar-refractivity contribution in [3.8, 4) is 0 Å². The molecule has 78 valence electrons. The van der Waals surface area contributed by atoms with Crippen molar-refractivity contribution in [2.24, 2.45) is 11.7 Å². The van der Waals surface area contributed by atoms with E-state index in [-0.39, 0.29) is 6.10 Å². The Labute approximate surface area is 81.2 Å². The van der Waals surface area contributed by atoms with Crippen molar-refractivity contribution < 1.29 is 4.74 Å². The van der Waals surface area contributed by atoms with E-state index in [0.29, 0.717) is 6.54 Å². The molecule has 1 unspecified atom stereocenters. The van der Waals surface area contributed by atoms with Gasteiger partial charge >= 0.3 is 0 Å². The summed E-state index contributed by atoms with van der Waals surface area (Å²) in [7, 11) is 0. The lowest BCUT2D eigenvalue weighted by atomic mass is 10.1. The molecule has 0 bridgehead atoms. The van der Waals surface area contributed by atoms with E-state index < -0.39 is 0 Å². The molecule has 0 aromatic carbocycles. The molecule has 13 heavy (non-hydrogen) atoms. The van der Waals surface area contributed by atoms with E-state index in [1.54, 1.807) is 0 Å². The Morgan fingerprint density at radius 1 is 1.54 bits per heavy atom. The van der Waals surface area contributed by atoms with Crippen LogP contribution in [0.2, 0.25) is 0 Å². The van der Waals surface area contributed by atoms with E-state index in [9.17, 15) is 0 Å². The minimum Gasteiger partial charge on any atom is -0.374 e. The standard InChI is InChI=1S/C10H22N2O/c1-9(2)3-4-12-5-6-13-10(7-11)8-12/h9-10H,3-8,11H2,1-2H3. The Balaban J connectivity index is 2.18. The molecule has 1 rings (SSSR count). The summed E-state index contributed by atoms with van der Waals surface area (Å²) < 4.78 is 5.50. The maximum absolute atomic E-state index is 5.57. The molecule has 3 nitrogen and oxygen atoms in total. The van der Waals surface area contributed by atoms with Crippen molar-refractivity contribution in [3.05, 3.63) is 0 Å². The van der Waals surface area contributed by atoms with Gasteiger partial charge in [0.25, 0.3) is 0 Å². The molecule has 0 radical (unpaired) electrons. The fraction of sp³-hybridized carbons (Fsp3) is 1.00. The number of nitrogens with two attached hydrogens (primary N) is 1. The Hall–Kier alpha value is -0.120. The Morgan fingerprint density at radius 3 is 2.92 bits per heavy atom. The first-order valence-electron chi connectivity index (χ1n) is 5.26. The highest BCUT2D eigenvalue weighted by Gasteiger charge is 2.18. The van der Waals surface area contributed by atoms with E-state index >= 15 is 0 Å². The van der Waals surface area contributed by atoms with E-state index in [1.807, 2.05) is 0 Å². The first kappa shape index (κ1) is 11.0. The van der Waals surface area contributed by atoms with Gasteiger partial charge in [0.05, 0.1) is 12.7 Å². The van der Waals surface area contributed by atoms with Crippen LogP contribution >= 0.6 is 0 Å². The molecule has 2 N–H and O–H groups in total. The molecule has 1 atom stereocenters. The second-order valence-electron chi connectivity index (χ2n) is 4.21. The van der Waals surface area contributed by atoms with Gasteiger partial charge in [-0.15, -0.1) is 0 Å². The van der Waals surface area contributed by atoms with Crippen LogP contribution in [-0.4, -0.2) is 43.8 Å². The summed E-state index contributed by atoms with van der Waals surface area (Å²) in [6.07, 6.45) is 1.54. The van der Waals surface area contributed by atoms with Crippen LogP contribution in [0, 0.1) is 5.92 Å². The van der Waals surface area contributed by atoms with Crippen LogP contribution in [0.25, 0.3) is 0 Å². The van der Waals surface area contributed by atoms with Crippen LogP contribution in [0.5, 0.6) is 0 Å². The normalized spacial score (nSPS) is 25.4. The van der Waals surface area contributed by atoms with Gasteiger partial charge < -0.3 is 10.5 Å². The van der Waals surface area contributed by atoms with E-state index in [2.05, 4.69) is 18.7 Å². The fourth-order valence-corrected chi connectivity index (χ4v) is 1.57. The summed E-state index contributed by atoms with van der Waals surface area (Å²) in [4.78, 5) is 2.46. The molecule has 0 amide bonds. The molecule has 0 aliphatic carbocycles. The van der Waals surface area contributed by atoms with Crippen molar-refractivity contribution in [3.63, 3.8) is 0 Å². The molecule has 0 saturated carbocycles. The summed E-state index contributed by atoms with van der Waals surface area (Å²) in [6, 6.07) is 0. The molecule has 1 fully saturated rings. The molecule has 1 aliphatic heterocycles. The van der Waals surface area contributed by atoms with Crippen LogP contribution in [-0.2, 0) is 4.74 Å². The second kappa shape index (κ2) is 5.58. The van der Waals surface area contributed by atoms with Gasteiger partial charge in [-0.3, -0.25) is 4.90 Å². The minimum absolute atomic E-state index is 0.265. The molecule has 3 heteroatoms. The second-order valence-corrected chi connectivity index (χ2v) is 4.21. The summed E-state index contributed by atoms with van der Waals surface area (Å²) >= 11 is 0. The summed E-state index contributed by atoms with van der Waals surface area (Å²) in [6.45, 7) is 9.31. The Kier molecular flexibility index (Phi) is 4.70. The molecule has 0 aromatic heterocycles. The van der Waals surface area contributed by atoms with Crippen LogP contribution in [0.4, 0.5) is 0 Å². The monoisotopic (exact) mass is 186 g/mol. The summed E-state index contributed by atoms with van der Waals surface area (Å²) in [5, 5.41) is 0. The van der Waals surface area contributed by atoms with Gasteiger partial charge in [-0.1, -0.05) is 13.8 Å². The van der Waals surface area contributed by atoms with E-state index in [1.165, 1.54) is 13.0 Å². The number of hydrogen-bond donors (Lipinski definition) is 1. The average molecular weight is 186 g/mol. The van der Waals surface area contributed by atoms with Crippen LogP contribution in [0.1, 0.15) is 20.3 Å². The van der Waals surface area contributed by atoms with Gasteiger partial charge in [0.2, 0.25) is 0 Å². The minimum atomic E-state index is 0.265. The van der Waals surface area contributed by atoms with Crippen molar-refractivity contribution in [2.45, 2.75) is 26.4 Å². The first-order valence-corrected chi connectivity index (χ1v) is 5.26. The topological polar surface area (TPSA) is 38.5 Å². The number of hydrogen-bond acceptors (Lipinski definition) is 3. The fourth-order valence-electron chi connectivity index (χ4n) is 1.57. The molecule has 0 aromatic rings. The van der Waals surface area contributed by atoms with Crippen LogP contribution in [0.15, 0.2) is 0 Å². The zero-order valence-corrected chi connectivity index (χ0v) is 8.83. The van der Waals surface area contributed by atoms with Gasteiger partial charge in [0.15, 0.2) is 0 Å². The third-order valence-electron chi connectivity index (χ3n) is 2.51. The molecule has 1 heterocycles. The highest BCUT2D eigenvalue weighted by molar-refractivity contribution is 4.72. The van der Waals surface area contributed by atoms with Gasteiger partial charge in [0.1, 0.15) is 0 Å². The lowest BCUT2D eigenvalue weighted by molar-refractivity contribution is -0.0242. The maximum Gasteiger partial charge on any atom is 0.0824 e.